The quantitative estimate of drug-likeness (QED) is 0.677. The highest BCUT2D eigenvalue weighted by molar-refractivity contribution is 6.30. The average molecular weight is 453 g/mol. The minimum Gasteiger partial charge on any atom is -0.380 e. The molecular weight excluding hydrogens is 423 g/mol. The zero-order valence-corrected chi connectivity index (χ0v) is 18.6. The number of nitrogens with zero attached hydrogens (tertiary/aromatic N) is 2. The molecule has 0 saturated carbocycles. The van der Waals surface area contributed by atoms with Gasteiger partial charge in [-0.1, -0.05) is 29.8 Å². The van der Waals surface area contributed by atoms with Crippen LogP contribution < -0.4 is 10.6 Å². The molecule has 9 heteroatoms. The topological polar surface area (TPSA) is 83.6 Å². The second-order valence-electron chi connectivity index (χ2n) is 6.68. The first-order chi connectivity index (χ1) is 15.0. The second-order valence-corrected chi connectivity index (χ2v) is 7.09. The van der Waals surface area contributed by atoms with Gasteiger partial charge < -0.3 is 25.1 Å². The van der Waals surface area contributed by atoms with Gasteiger partial charge >= 0.3 is 0 Å². The fraction of sp³-hybridized carbons (Fsp3) is 0.409. The van der Waals surface area contributed by atoms with Gasteiger partial charge in [0.05, 0.1) is 24.8 Å². The zero-order valence-electron chi connectivity index (χ0n) is 17.9. The molecule has 0 spiro atoms. The van der Waals surface area contributed by atoms with E-state index in [1.54, 1.807) is 43.6 Å². The van der Waals surface area contributed by atoms with Crippen LogP contribution in [0.15, 0.2) is 48.7 Å². The van der Waals surface area contributed by atoms with E-state index in [2.05, 4.69) is 15.6 Å². The number of halogens is 2. The Bertz CT molecular complexity index is 738. The summed E-state index contributed by atoms with van der Waals surface area (Å²) in [6, 6.07) is 11.2. The van der Waals surface area contributed by atoms with Gasteiger partial charge in [-0.15, -0.1) is 0 Å². The van der Waals surface area contributed by atoms with Crippen LogP contribution in [0.5, 0.6) is 0 Å². The Kier molecular flexibility index (Phi) is 14.0. The Morgan fingerprint density at radius 2 is 2.10 bits per heavy atom. The van der Waals surface area contributed by atoms with Crippen molar-refractivity contribution in [3.05, 3.63) is 65.2 Å². The van der Waals surface area contributed by atoms with Crippen molar-refractivity contribution in [1.82, 2.24) is 20.5 Å². The lowest BCUT2D eigenvalue weighted by atomic mass is 10.1. The van der Waals surface area contributed by atoms with Crippen LogP contribution in [-0.2, 0) is 9.53 Å². The molecule has 0 radical (unpaired) electrons. The van der Waals surface area contributed by atoms with Crippen molar-refractivity contribution >= 4 is 23.8 Å². The van der Waals surface area contributed by atoms with Crippen LogP contribution in [-0.4, -0.2) is 75.6 Å². The van der Waals surface area contributed by atoms with Gasteiger partial charge in [0.2, 0.25) is 0 Å². The first-order valence-corrected chi connectivity index (χ1v) is 10.3. The van der Waals surface area contributed by atoms with Gasteiger partial charge in [-0.3, -0.25) is 9.78 Å². The summed E-state index contributed by atoms with van der Waals surface area (Å²) in [4.78, 5) is 26.8. The van der Waals surface area contributed by atoms with Gasteiger partial charge in [0, 0.05) is 38.8 Å². The number of carbonyl (C=O) groups excluding carboxylic acids is 2. The smallest absolute Gasteiger partial charge is 0.272 e. The zero-order chi connectivity index (χ0) is 22.9. The van der Waals surface area contributed by atoms with E-state index in [1.807, 2.05) is 7.05 Å². The van der Waals surface area contributed by atoms with E-state index in [-0.39, 0.29) is 23.3 Å². The lowest BCUT2D eigenvalue weighted by Crippen LogP contribution is -2.30. The van der Waals surface area contributed by atoms with Gasteiger partial charge in [-0.05, 0) is 31.3 Å². The van der Waals surface area contributed by atoms with Crippen LogP contribution in [0.3, 0.4) is 0 Å². The second kappa shape index (κ2) is 16.3. The maximum absolute atomic E-state index is 12.2. The van der Waals surface area contributed by atoms with Crippen molar-refractivity contribution < 1.29 is 18.7 Å². The van der Waals surface area contributed by atoms with Crippen molar-refractivity contribution in [2.75, 3.05) is 53.5 Å². The van der Waals surface area contributed by atoms with Crippen molar-refractivity contribution in [2.24, 2.45) is 5.92 Å². The van der Waals surface area contributed by atoms with Crippen LogP contribution in [0.4, 0.5) is 4.39 Å². The summed E-state index contributed by atoms with van der Waals surface area (Å²) in [6.07, 6.45) is 2.23. The van der Waals surface area contributed by atoms with E-state index >= 15 is 0 Å². The Labute approximate surface area is 187 Å². The largest absolute Gasteiger partial charge is 0.380 e. The molecule has 1 fully saturated rings. The molecule has 2 N–H and O–H groups in total. The molecule has 2 aromatic rings. The SMILES string of the molecule is CN(CC=O)C(=O)c1ccccn1.CNCC1CNCCOC1.Fc1ccccc1Cl. The van der Waals surface area contributed by atoms with E-state index in [0.717, 1.165) is 32.8 Å². The van der Waals surface area contributed by atoms with Crippen molar-refractivity contribution in [3.8, 4) is 0 Å². The number of hydrogen-bond donors (Lipinski definition) is 2. The predicted molar refractivity (Wildman–Crippen MR) is 120 cm³/mol. The summed E-state index contributed by atoms with van der Waals surface area (Å²) in [7, 11) is 3.54. The number of benzene rings is 1. The molecule has 31 heavy (non-hydrogen) atoms. The monoisotopic (exact) mass is 452 g/mol. The van der Waals surface area contributed by atoms with E-state index in [1.165, 1.54) is 17.0 Å². The predicted octanol–water partition coefficient (Wildman–Crippen LogP) is 2.27. The molecule has 1 aliphatic heterocycles. The summed E-state index contributed by atoms with van der Waals surface area (Å²) in [5.74, 6) is 0.0365. The van der Waals surface area contributed by atoms with Crippen molar-refractivity contribution in [3.63, 3.8) is 0 Å². The third-order valence-corrected chi connectivity index (χ3v) is 4.41. The highest BCUT2D eigenvalue weighted by Crippen LogP contribution is 2.11. The molecule has 1 aliphatic rings. The number of carbonyl (C=O) groups is 2. The molecule has 3 rings (SSSR count). The van der Waals surface area contributed by atoms with Gasteiger partial charge in [-0.25, -0.2) is 4.39 Å². The van der Waals surface area contributed by atoms with Crippen LogP contribution in [0.2, 0.25) is 5.02 Å². The molecule has 1 unspecified atom stereocenters. The highest BCUT2D eigenvalue weighted by atomic mass is 35.5. The fourth-order valence-electron chi connectivity index (χ4n) is 2.50. The maximum atomic E-state index is 12.2. The molecule has 7 nitrogen and oxygen atoms in total. The van der Waals surface area contributed by atoms with Crippen molar-refractivity contribution in [1.29, 1.82) is 0 Å². The highest BCUT2D eigenvalue weighted by Gasteiger charge is 2.11. The summed E-state index contributed by atoms with van der Waals surface area (Å²) in [6.45, 7) is 4.98. The summed E-state index contributed by atoms with van der Waals surface area (Å²) >= 11 is 5.33. The number of ether oxygens (including phenoxy) is 1. The normalized spacial score (nSPS) is 15.3. The van der Waals surface area contributed by atoms with Gasteiger partial charge in [0.25, 0.3) is 5.91 Å². The Morgan fingerprint density at radius 1 is 1.35 bits per heavy atom. The summed E-state index contributed by atoms with van der Waals surface area (Å²) in [5.41, 5.74) is 0.354. The average Bonchev–Trinajstić information content (AvgIpc) is 3.06. The van der Waals surface area contributed by atoms with Gasteiger partial charge in [0.15, 0.2) is 0 Å². The standard InChI is InChI=1S/C9H10N2O2.C7H16N2O.C6H4ClF/c1-11(6-7-12)9(13)8-4-2-3-5-10-8;1-8-4-7-5-9-2-3-10-6-7;7-5-3-1-2-4-6(5)8/h2-5,7H,6H2,1H3;7-9H,2-6H2,1H3;1-4H. The number of rotatable bonds is 5. The Hall–Kier alpha value is -2.39. The maximum Gasteiger partial charge on any atom is 0.272 e. The van der Waals surface area contributed by atoms with Crippen LogP contribution in [0, 0.1) is 11.7 Å². The minimum atomic E-state index is -0.367. The molecule has 0 bridgehead atoms. The molecule has 1 amide bonds. The minimum absolute atomic E-state index is 0.0927. The molecule has 1 aromatic carbocycles. The number of nitrogens with one attached hydrogen (secondary N) is 2. The Balaban J connectivity index is 0.000000240. The molecule has 2 heterocycles. The fourth-order valence-corrected chi connectivity index (χ4v) is 2.63. The lowest BCUT2D eigenvalue weighted by Gasteiger charge is -2.12. The van der Waals surface area contributed by atoms with Crippen LogP contribution >= 0.6 is 11.6 Å². The number of pyridine rings is 1. The lowest BCUT2D eigenvalue weighted by molar-refractivity contribution is -0.108. The number of likely N-dealkylation sites (N-methyl/N-ethyl adjacent to an activating group) is 1. The van der Waals surface area contributed by atoms with Crippen LogP contribution in [0.1, 0.15) is 10.5 Å². The molecule has 170 valence electrons. The van der Waals surface area contributed by atoms with Crippen LogP contribution in [0.25, 0.3) is 0 Å². The Morgan fingerprint density at radius 3 is 2.68 bits per heavy atom. The van der Waals surface area contributed by atoms with E-state index < -0.39 is 0 Å². The summed E-state index contributed by atoms with van der Waals surface area (Å²) < 4.78 is 17.5. The van der Waals surface area contributed by atoms with E-state index in [9.17, 15) is 14.0 Å². The molecule has 0 aliphatic carbocycles. The first-order valence-electron chi connectivity index (χ1n) is 9.92. The number of aromatic nitrogens is 1. The number of aldehydes is 1. The van der Waals surface area contributed by atoms with E-state index in [4.69, 9.17) is 16.3 Å². The number of amides is 1. The van der Waals surface area contributed by atoms with E-state index in [0.29, 0.717) is 17.9 Å². The third-order valence-electron chi connectivity index (χ3n) is 4.11. The molecule has 1 aromatic heterocycles. The number of hydrogen-bond acceptors (Lipinski definition) is 6. The molecule has 1 atom stereocenters. The third kappa shape index (κ3) is 11.5. The van der Waals surface area contributed by atoms with Gasteiger partial charge in [-0.2, -0.15) is 0 Å². The molecule has 1 saturated heterocycles. The summed E-state index contributed by atoms with van der Waals surface area (Å²) in [5, 5.41) is 6.64. The van der Waals surface area contributed by atoms with Crippen molar-refractivity contribution in [2.45, 2.75) is 0 Å². The molecular formula is C22H30ClFN4O3. The first kappa shape index (κ1) is 26.6. The van der Waals surface area contributed by atoms with Gasteiger partial charge in [0.1, 0.15) is 17.8 Å².